The highest BCUT2D eigenvalue weighted by Gasteiger charge is 2.01. The highest BCUT2D eigenvalue weighted by atomic mass is 16.5. The van der Waals surface area contributed by atoms with Gasteiger partial charge in [-0.1, -0.05) is 26.7 Å². The molecule has 17 heavy (non-hydrogen) atoms. The van der Waals surface area contributed by atoms with E-state index in [0.717, 1.165) is 50.0 Å². The Morgan fingerprint density at radius 2 is 1.94 bits per heavy atom. The maximum atomic E-state index is 11.7. The van der Waals surface area contributed by atoms with Crippen LogP contribution < -0.4 is 5.56 Å². The highest BCUT2D eigenvalue weighted by molar-refractivity contribution is 5.13. The lowest BCUT2D eigenvalue weighted by atomic mass is 10.1. The van der Waals surface area contributed by atoms with Crippen molar-refractivity contribution in [2.75, 3.05) is 6.61 Å². The zero-order chi connectivity index (χ0) is 12.5. The number of ether oxygens (including phenoxy) is 1. The molecule has 0 atom stereocenters. The number of rotatable bonds is 8. The Labute approximate surface area is 103 Å². The van der Waals surface area contributed by atoms with Crippen molar-refractivity contribution in [3.63, 3.8) is 0 Å². The Kier molecular flexibility index (Phi) is 6.63. The quantitative estimate of drug-likeness (QED) is 0.706. The molecule has 0 aliphatic heterocycles. The van der Waals surface area contributed by atoms with Crippen LogP contribution in [-0.4, -0.2) is 11.6 Å². The van der Waals surface area contributed by atoms with Gasteiger partial charge >= 0.3 is 0 Å². The molecule has 0 aliphatic rings. The highest BCUT2D eigenvalue weighted by Crippen LogP contribution is 2.02. The van der Waals surface area contributed by atoms with Gasteiger partial charge in [0.25, 0.3) is 5.56 Å². The summed E-state index contributed by atoms with van der Waals surface area (Å²) in [6, 6.07) is 3.88. The minimum atomic E-state index is -0.00454. The lowest BCUT2D eigenvalue weighted by Crippen LogP contribution is -2.15. The minimum absolute atomic E-state index is 0.00454. The maximum Gasteiger partial charge on any atom is 0.253 e. The lowest BCUT2D eigenvalue weighted by molar-refractivity contribution is 0.117. The molecule has 0 aromatic carbocycles. The Morgan fingerprint density at radius 3 is 2.59 bits per heavy atom. The molecule has 0 saturated heterocycles. The molecule has 0 saturated carbocycles. The summed E-state index contributed by atoms with van der Waals surface area (Å²) in [7, 11) is 0. The first kappa shape index (κ1) is 14.0. The first-order chi connectivity index (χ1) is 8.27. The van der Waals surface area contributed by atoms with Crippen molar-refractivity contribution < 1.29 is 4.74 Å². The topological polar surface area (TPSA) is 42.1 Å². The normalized spacial score (nSPS) is 10.7. The molecular formula is C14H23NO2. The van der Waals surface area contributed by atoms with E-state index in [2.05, 4.69) is 18.8 Å². The molecule has 1 rings (SSSR count). The van der Waals surface area contributed by atoms with E-state index in [0.29, 0.717) is 6.61 Å². The molecule has 0 aliphatic carbocycles. The number of hydrogen-bond acceptors (Lipinski definition) is 2. The van der Waals surface area contributed by atoms with E-state index in [1.807, 2.05) is 12.1 Å². The van der Waals surface area contributed by atoms with Crippen LogP contribution in [0.15, 0.2) is 16.9 Å². The van der Waals surface area contributed by atoms with Crippen LogP contribution in [0.25, 0.3) is 0 Å². The van der Waals surface area contributed by atoms with E-state index in [9.17, 15) is 4.79 Å². The average Bonchev–Trinajstić information content (AvgIpc) is 2.34. The van der Waals surface area contributed by atoms with Gasteiger partial charge in [0.1, 0.15) is 0 Å². The van der Waals surface area contributed by atoms with E-state index in [-0.39, 0.29) is 5.56 Å². The van der Waals surface area contributed by atoms with E-state index in [1.54, 1.807) is 0 Å². The Hall–Kier alpha value is -1.09. The summed E-state index contributed by atoms with van der Waals surface area (Å²) in [5.74, 6) is 0. The molecule has 1 N–H and O–H groups in total. The fraction of sp³-hybridized carbons (Fsp3) is 0.643. The third kappa shape index (κ3) is 5.18. The SMILES string of the molecule is CCCCOCc1ccc(CCCC)[nH]c1=O. The van der Waals surface area contributed by atoms with E-state index < -0.39 is 0 Å². The molecular weight excluding hydrogens is 214 g/mol. The molecule has 0 amide bonds. The molecule has 0 unspecified atom stereocenters. The third-order valence-corrected chi connectivity index (χ3v) is 2.75. The molecule has 1 heterocycles. The molecule has 3 heteroatoms. The Balaban J connectivity index is 2.48. The summed E-state index contributed by atoms with van der Waals surface area (Å²) in [4.78, 5) is 14.6. The second-order valence-electron chi connectivity index (χ2n) is 4.35. The van der Waals surface area contributed by atoms with Crippen molar-refractivity contribution in [2.45, 2.75) is 52.6 Å². The van der Waals surface area contributed by atoms with E-state index in [4.69, 9.17) is 4.74 Å². The van der Waals surface area contributed by atoms with Crippen molar-refractivity contribution >= 4 is 0 Å². The maximum absolute atomic E-state index is 11.7. The van der Waals surface area contributed by atoms with Crippen LogP contribution in [-0.2, 0) is 17.8 Å². The van der Waals surface area contributed by atoms with Crippen molar-refractivity contribution in [1.82, 2.24) is 4.98 Å². The van der Waals surface area contributed by atoms with E-state index >= 15 is 0 Å². The van der Waals surface area contributed by atoms with Crippen LogP contribution in [0, 0.1) is 0 Å². The van der Waals surface area contributed by atoms with Crippen molar-refractivity contribution in [3.8, 4) is 0 Å². The number of nitrogens with one attached hydrogen (secondary N) is 1. The van der Waals surface area contributed by atoms with Gasteiger partial charge in [-0.25, -0.2) is 0 Å². The number of H-pyrrole nitrogens is 1. The number of aromatic nitrogens is 1. The molecule has 0 spiro atoms. The smallest absolute Gasteiger partial charge is 0.253 e. The van der Waals surface area contributed by atoms with Crippen molar-refractivity contribution in [3.05, 3.63) is 33.7 Å². The summed E-state index contributed by atoms with van der Waals surface area (Å²) >= 11 is 0. The third-order valence-electron chi connectivity index (χ3n) is 2.75. The van der Waals surface area contributed by atoms with Crippen LogP contribution >= 0.6 is 0 Å². The number of hydrogen-bond donors (Lipinski definition) is 1. The standard InChI is InChI=1S/C14H23NO2/c1-3-5-7-13-9-8-12(14(16)15-13)11-17-10-6-4-2/h8-9H,3-7,10-11H2,1-2H3,(H,15,16). The zero-order valence-electron chi connectivity index (χ0n) is 10.9. The number of aryl methyl sites for hydroxylation is 1. The van der Waals surface area contributed by atoms with Crippen LogP contribution in [0.3, 0.4) is 0 Å². The van der Waals surface area contributed by atoms with Gasteiger partial charge in [0, 0.05) is 17.9 Å². The van der Waals surface area contributed by atoms with Gasteiger partial charge in [-0.2, -0.15) is 0 Å². The molecule has 0 radical (unpaired) electrons. The molecule has 1 aromatic heterocycles. The summed E-state index contributed by atoms with van der Waals surface area (Å²) in [5.41, 5.74) is 1.74. The van der Waals surface area contributed by atoms with Gasteiger partial charge < -0.3 is 9.72 Å². The van der Waals surface area contributed by atoms with Crippen LogP contribution in [0.5, 0.6) is 0 Å². The predicted octanol–water partition coefficient (Wildman–Crippen LogP) is 3.03. The largest absolute Gasteiger partial charge is 0.377 e. The Morgan fingerprint density at radius 1 is 1.18 bits per heavy atom. The molecule has 0 fully saturated rings. The predicted molar refractivity (Wildman–Crippen MR) is 70.2 cm³/mol. The first-order valence-corrected chi connectivity index (χ1v) is 6.56. The molecule has 3 nitrogen and oxygen atoms in total. The second-order valence-corrected chi connectivity index (χ2v) is 4.35. The Bertz CT molecular complexity index is 371. The van der Waals surface area contributed by atoms with Crippen LogP contribution in [0.4, 0.5) is 0 Å². The second kappa shape index (κ2) is 8.07. The average molecular weight is 237 g/mol. The summed E-state index contributed by atoms with van der Waals surface area (Å²) in [6.07, 6.45) is 5.37. The first-order valence-electron chi connectivity index (χ1n) is 6.56. The fourth-order valence-electron chi connectivity index (χ4n) is 1.60. The number of aromatic amines is 1. The van der Waals surface area contributed by atoms with Crippen molar-refractivity contribution in [1.29, 1.82) is 0 Å². The van der Waals surface area contributed by atoms with Crippen LogP contribution in [0.2, 0.25) is 0 Å². The van der Waals surface area contributed by atoms with Gasteiger partial charge in [0.2, 0.25) is 0 Å². The minimum Gasteiger partial charge on any atom is -0.377 e. The number of unbranched alkanes of at least 4 members (excludes halogenated alkanes) is 2. The van der Waals surface area contributed by atoms with Crippen LogP contribution in [0.1, 0.15) is 50.8 Å². The monoisotopic (exact) mass is 237 g/mol. The van der Waals surface area contributed by atoms with Gasteiger partial charge in [-0.3, -0.25) is 4.79 Å². The van der Waals surface area contributed by atoms with Gasteiger partial charge in [-0.15, -0.1) is 0 Å². The van der Waals surface area contributed by atoms with Gasteiger partial charge in [-0.05, 0) is 31.4 Å². The fourth-order valence-corrected chi connectivity index (χ4v) is 1.60. The summed E-state index contributed by atoms with van der Waals surface area (Å²) in [6.45, 7) is 5.42. The summed E-state index contributed by atoms with van der Waals surface area (Å²) < 4.78 is 5.44. The van der Waals surface area contributed by atoms with Gasteiger partial charge in [0.15, 0.2) is 0 Å². The summed E-state index contributed by atoms with van der Waals surface area (Å²) in [5, 5.41) is 0. The number of pyridine rings is 1. The molecule has 1 aromatic rings. The zero-order valence-corrected chi connectivity index (χ0v) is 10.9. The van der Waals surface area contributed by atoms with Crippen molar-refractivity contribution in [2.24, 2.45) is 0 Å². The lowest BCUT2D eigenvalue weighted by Gasteiger charge is -2.04. The van der Waals surface area contributed by atoms with Gasteiger partial charge in [0.05, 0.1) is 6.61 Å². The molecule has 0 bridgehead atoms. The molecule has 96 valence electrons. The van der Waals surface area contributed by atoms with E-state index in [1.165, 1.54) is 0 Å².